The molecule has 1 aromatic heterocycles. The monoisotopic (exact) mass is 174 g/mol. The standard InChI is InChI=1S/C9H10N4/c1-10-8-4-2-7(3-5-8)9-11-6-12-13-9/h2-6,10H,1H3,(H,11,12,13). The minimum Gasteiger partial charge on any atom is -0.388 e. The Bertz CT molecular complexity index is 363. The van der Waals surface area contributed by atoms with Gasteiger partial charge in [0.25, 0.3) is 0 Å². The van der Waals surface area contributed by atoms with E-state index in [4.69, 9.17) is 0 Å². The van der Waals surface area contributed by atoms with Crippen molar-refractivity contribution < 1.29 is 0 Å². The molecule has 4 nitrogen and oxygen atoms in total. The number of rotatable bonds is 2. The van der Waals surface area contributed by atoms with Gasteiger partial charge in [-0.2, -0.15) is 5.10 Å². The van der Waals surface area contributed by atoms with E-state index in [0.717, 1.165) is 17.1 Å². The Morgan fingerprint density at radius 2 is 2.00 bits per heavy atom. The highest BCUT2D eigenvalue weighted by molar-refractivity contribution is 5.58. The van der Waals surface area contributed by atoms with Crippen LogP contribution in [0.5, 0.6) is 0 Å². The zero-order chi connectivity index (χ0) is 9.10. The largest absolute Gasteiger partial charge is 0.388 e. The van der Waals surface area contributed by atoms with E-state index in [-0.39, 0.29) is 0 Å². The number of benzene rings is 1. The fourth-order valence-electron chi connectivity index (χ4n) is 1.14. The van der Waals surface area contributed by atoms with Gasteiger partial charge in [-0.25, -0.2) is 4.98 Å². The summed E-state index contributed by atoms with van der Waals surface area (Å²) >= 11 is 0. The topological polar surface area (TPSA) is 53.6 Å². The van der Waals surface area contributed by atoms with Crippen LogP contribution in [0.4, 0.5) is 5.69 Å². The van der Waals surface area contributed by atoms with Gasteiger partial charge in [0.05, 0.1) is 0 Å². The van der Waals surface area contributed by atoms with Crippen molar-refractivity contribution >= 4 is 5.69 Å². The smallest absolute Gasteiger partial charge is 0.155 e. The minimum absolute atomic E-state index is 0.794. The van der Waals surface area contributed by atoms with E-state index in [2.05, 4.69) is 20.5 Å². The second kappa shape index (κ2) is 3.26. The van der Waals surface area contributed by atoms with Crippen LogP contribution in [-0.2, 0) is 0 Å². The Balaban J connectivity index is 2.33. The Morgan fingerprint density at radius 3 is 2.54 bits per heavy atom. The molecule has 0 atom stereocenters. The van der Waals surface area contributed by atoms with Crippen molar-refractivity contribution in [2.45, 2.75) is 0 Å². The fourth-order valence-corrected chi connectivity index (χ4v) is 1.14. The Labute approximate surface area is 76.0 Å². The maximum absolute atomic E-state index is 4.05. The molecule has 0 spiro atoms. The maximum atomic E-state index is 4.05. The number of anilines is 1. The third kappa shape index (κ3) is 1.51. The van der Waals surface area contributed by atoms with Crippen LogP contribution in [0.15, 0.2) is 30.6 Å². The first-order chi connectivity index (χ1) is 6.40. The van der Waals surface area contributed by atoms with Crippen LogP contribution >= 0.6 is 0 Å². The average Bonchev–Trinajstić information content (AvgIpc) is 2.71. The molecule has 0 unspecified atom stereocenters. The van der Waals surface area contributed by atoms with E-state index in [1.165, 1.54) is 6.33 Å². The molecule has 1 aromatic carbocycles. The molecule has 0 aliphatic rings. The van der Waals surface area contributed by atoms with Crippen molar-refractivity contribution in [2.24, 2.45) is 0 Å². The van der Waals surface area contributed by atoms with Crippen LogP contribution in [0.1, 0.15) is 0 Å². The van der Waals surface area contributed by atoms with Crippen molar-refractivity contribution in [3.63, 3.8) is 0 Å². The van der Waals surface area contributed by atoms with Crippen molar-refractivity contribution in [3.8, 4) is 11.4 Å². The lowest BCUT2D eigenvalue weighted by molar-refractivity contribution is 1.10. The molecule has 0 aliphatic carbocycles. The fraction of sp³-hybridized carbons (Fsp3) is 0.111. The molecule has 4 heteroatoms. The first-order valence-corrected chi connectivity index (χ1v) is 4.03. The molecule has 0 bridgehead atoms. The molecule has 0 saturated carbocycles. The van der Waals surface area contributed by atoms with E-state index in [1.54, 1.807) is 0 Å². The van der Waals surface area contributed by atoms with E-state index in [9.17, 15) is 0 Å². The van der Waals surface area contributed by atoms with Crippen molar-refractivity contribution in [1.82, 2.24) is 15.2 Å². The quantitative estimate of drug-likeness (QED) is 0.725. The summed E-state index contributed by atoms with van der Waals surface area (Å²) < 4.78 is 0. The van der Waals surface area contributed by atoms with E-state index in [1.807, 2.05) is 31.3 Å². The zero-order valence-electron chi connectivity index (χ0n) is 7.28. The van der Waals surface area contributed by atoms with Crippen LogP contribution in [0, 0.1) is 0 Å². The lowest BCUT2D eigenvalue weighted by atomic mass is 10.2. The number of hydrogen-bond donors (Lipinski definition) is 2. The number of H-pyrrole nitrogens is 1. The van der Waals surface area contributed by atoms with Gasteiger partial charge < -0.3 is 5.32 Å². The summed E-state index contributed by atoms with van der Waals surface area (Å²) in [6.45, 7) is 0. The van der Waals surface area contributed by atoms with Gasteiger partial charge in [0.1, 0.15) is 6.33 Å². The van der Waals surface area contributed by atoms with Gasteiger partial charge in [-0.05, 0) is 24.3 Å². The number of nitrogens with one attached hydrogen (secondary N) is 2. The molecule has 2 aromatic rings. The van der Waals surface area contributed by atoms with E-state index >= 15 is 0 Å². The summed E-state index contributed by atoms with van der Waals surface area (Å²) in [6, 6.07) is 7.98. The molecule has 0 aliphatic heterocycles. The summed E-state index contributed by atoms with van der Waals surface area (Å²) in [5.41, 5.74) is 2.12. The van der Waals surface area contributed by atoms with Crippen molar-refractivity contribution in [3.05, 3.63) is 30.6 Å². The highest BCUT2D eigenvalue weighted by Crippen LogP contribution is 2.16. The lowest BCUT2D eigenvalue weighted by Crippen LogP contribution is -1.87. The Kier molecular flexibility index (Phi) is 1.96. The third-order valence-electron chi connectivity index (χ3n) is 1.86. The first kappa shape index (κ1) is 7.79. The summed E-state index contributed by atoms with van der Waals surface area (Å²) in [4.78, 5) is 4.05. The molecule has 66 valence electrons. The highest BCUT2D eigenvalue weighted by Gasteiger charge is 1.98. The van der Waals surface area contributed by atoms with Crippen LogP contribution < -0.4 is 5.32 Å². The second-order valence-corrected chi connectivity index (χ2v) is 2.66. The van der Waals surface area contributed by atoms with Gasteiger partial charge in [0.15, 0.2) is 5.82 Å². The molecule has 2 N–H and O–H groups in total. The second-order valence-electron chi connectivity index (χ2n) is 2.66. The molecule has 2 rings (SSSR count). The predicted molar refractivity (Wildman–Crippen MR) is 51.4 cm³/mol. The highest BCUT2D eigenvalue weighted by atomic mass is 15.2. The molecule has 0 saturated heterocycles. The third-order valence-corrected chi connectivity index (χ3v) is 1.86. The van der Waals surface area contributed by atoms with Crippen molar-refractivity contribution in [1.29, 1.82) is 0 Å². The van der Waals surface area contributed by atoms with Crippen molar-refractivity contribution in [2.75, 3.05) is 12.4 Å². The molecular weight excluding hydrogens is 164 g/mol. The number of aromatic amines is 1. The first-order valence-electron chi connectivity index (χ1n) is 4.03. The van der Waals surface area contributed by atoms with Crippen LogP contribution in [0.3, 0.4) is 0 Å². The van der Waals surface area contributed by atoms with Gasteiger partial charge >= 0.3 is 0 Å². The maximum Gasteiger partial charge on any atom is 0.155 e. The SMILES string of the molecule is CNc1ccc(-c2ncn[nH]2)cc1. The summed E-state index contributed by atoms with van der Waals surface area (Å²) in [5, 5.41) is 9.65. The Hall–Kier alpha value is -1.84. The molecular formula is C9H10N4. The number of hydrogen-bond acceptors (Lipinski definition) is 3. The molecule has 13 heavy (non-hydrogen) atoms. The molecule has 1 heterocycles. The zero-order valence-corrected chi connectivity index (χ0v) is 7.28. The number of nitrogens with zero attached hydrogens (tertiary/aromatic N) is 2. The van der Waals surface area contributed by atoms with Crippen LogP contribution in [0.25, 0.3) is 11.4 Å². The summed E-state index contributed by atoms with van der Waals surface area (Å²) in [5.74, 6) is 0.794. The predicted octanol–water partition coefficient (Wildman–Crippen LogP) is 1.51. The summed E-state index contributed by atoms with van der Waals surface area (Å²) in [7, 11) is 1.89. The van der Waals surface area contributed by atoms with Crippen LogP contribution in [0.2, 0.25) is 0 Å². The molecule has 0 radical (unpaired) electrons. The Morgan fingerprint density at radius 1 is 1.23 bits per heavy atom. The summed E-state index contributed by atoms with van der Waals surface area (Å²) in [6.07, 6.45) is 1.50. The van der Waals surface area contributed by atoms with Gasteiger partial charge in [0, 0.05) is 18.3 Å². The van der Waals surface area contributed by atoms with E-state index < -0.39 is 0 Å². The molecule has 0 amide bonds. The molecule has 0 fully saturated rings. The van der Waals surface area contributed by atoms with Gasteiger partial charge in [-0.15, -0.1) is 0 Å². The van der Waals surface area contributed by atoms with Gasteiger partial charge in [0.2, 0.25) is 0 Å². The minimum atomic E-state index is 0.794. The normalized spacial score (nSPS) is 9.92. The lowest BCUT2D eigenvalue weighted by Gasteiger charge is -1.99. The average molecular weight is 174 g/mol. The number of aromatic nitrogens is 3. The van der Waals surface area contributed by atoms with E-state index in [0.29, 0.717) is 0 Å². The van der Waals surface area contributed by atoms with Gasteiger partial charge in [-0.1, -0.05) is 0 Å². The van der Waals surface area contributed by atoms with Gasteiger partial charge in [-0.3, -0.25) is 5.10 Å². The van der Waals surface area contributed by atoms with Crippen LogP contribution in [-0.4, -0.2) is 22.2 Å².